The molecule has 1 saturated heterocycles. The Bertz CT molecular complexity index is 289. The number of alkyl halides is 3. The first-order valence-electron chi connectivity index (χ1n) is 4.19. The minimum absolute atomic E-state index is 0.0972. The molecule has 0 unspecified atom stereocenters. The highest BCUT2D eigenvalue weighted by Gasteiger charge is 2.39. The van der Waals surface area contributed by atoms with Crippen LogP contribution >= 0.6 is 0 Å². The molecule has 0 aromatic carbocycles. The third-order valence-electron chi connectivity index (χ3n) is 2.05. The maximum atomic E-state index is 10.6. The number of carbonyl (C=O) groups is 1. The van der Waals surface area contributed by atoms with E-state index in [0.717, 1.165) is 0 Å². The van der Waals surface area contributed by atoms with Crippen molar-refractivity contribution in [1.82, 2.24) is 4.90 Å². The van der Waals surface area contributed by atoms with E-state index in [1.54, 1.807) is 0 Å². The Morgan fingerprint density at radius 1 is 1.50 bits per heavy atom. The lowest BCUT2D eigenvalue weighted by Gasteiger charge is -2.42. The van der Waals surface area contributed by atoms with Crippen molar-refractivity contribution in [1.29, 1.82) is 0 Å². The summed E-state index contributed by atoms with van der Waals surface area (Å²) in [5, 5.41) is 7.12. The van der Waals surface area contributed by atoms with E-state index in [9.17, 15) is 13.2 Å². The van der Waals surface area contributed by atoms with Gasteiger partial charge in [0.25, 0.3) is 0 Å². The molecule has 1 aliphatic heterocycles. The van der Waals surface area contributed by atoms with E-state index in [0.29, 0.717) is 13.2 Å². The molecular formula is C9H12F3NO3. The molecule has 0 radical (unpaired) electrons. The van der Waals surface area contributed by atoms with Crippen molar-refractivity contribution in [2.24, 2.45) is 0 Å². The summed E-state index contributed by atoms with van der Waals surface area (Å²) < 4.78 is 36.7. The molecule has 0 atom stereocenters. The zero-order valence-corrected chi connectivity index (χ0v) is 8.84. The molecule has 1 heterocycles. The second-order valence-corrected chi connectivity index (χ2v) is 3.37. The molecule has 92 valence electrons. The first kappa shape index (κ1) is 14.7. The molecule has 4 nitrogen and oxygen atoms in total. The summed E-state index contributed by atoms with van der Waals surface area (Å²) in [6.45, 7) is 1.35. The van der Waals surface area contributed by atoms with Crippen LogP contribution in [0.15, 0.2) is 0 Å². The monoisotopic (exact) mass is 239 g/mol. The largest absolute Gasteiger partial charge is 0.490 e. The zero-order chi connectivity index (χ0) is 13.0. The van der Waals surface area contributed by atoms with Gasteiger partial charge in [-0.05, 0) is 14.1 Å². The Morgan fingerprint density at radius 3 is 1.88 bits per heavy atom. The molecule has 1 rings (SSSR count). The Balaban J connectivity index is 0.000000293. The van der Waals surface area contributed by atoms with E-state index in [4.69, 9.17) is 21.1 Å². The topological polar surface area (TPSA) is 49.8 Å². The van der Waals surface area contributed by atoms with Crippen molar-refractivity contribution in [2.45, 2.75) is 11.7 Å². The number of nitrogens with zero attached hydrogens (tertiary/aromatic N) is 1. The Hall–Kier alpha value is -1.26. The van der Waals surface area contributed by atoms with Crippen molar-refractivity contribution >= 4 is 5.97 Å². The molecule has 1 N–H and O–H groups in total. The Kier molecular flexibility index (Phi) is 4.78. The summed E-state index contributed by atoms with van der Waals surface area (Å²) in [6.07, 6.45) is 0.215. The number of terminal acetylenes is 1. The average Bonchev–Trinajstić information content (AvgIpc) is 2.01. The van der Waals surface area contributed by atoms with Crippen LogP contribution in [0.2, 0.25) is 0 Å². The average molecular weight is 239 g/mol. The molecular weight excluding hydrogens is 227 g/mol. The number of hydrogen-bond donors (Lipinski definition) is 1. The van der Waals surface area contributed by atoms with E-state index in [1.807, 2.05) is 19.0 Å². The number of rotatable bonds is 1. The predicted molar refractivity (Wildman–Crippen MR) is 49.8 cm³/mol. The number of ether oxygens (including phenoxy) is 1. The minimum Gasteiger partial charge on any atom is -0.475 e. The van der Waals surface area contributed by atoms with Crippen LogP contribution in [0.1, 0.15) is 0 Å². The van der Waals surface area contributed by atoms with Crippen molar-refractivity contribution < 1.29 is 27.8 Å². The van der Waals surface area contributed by atoms with Crippen LogP contribution in [0, 0.1) is 12.3 Å². The van der Waals surface area contributed by atoms with Crippen molar-refractivity contribution in [3.8, 4) is 12.3 Å². The lowest BCUT2D eigenvalue weighted by molar-refractivity contribution is -0.192. The molecule has 0 saturated carbocycles. The van der Waals surface area contributed by atoms with Crippen LogP contribution in [0.25, 0.3) is 0 Å². The van der Waals surface area contributed by atoms with Crippen molar-refractivity contribution in [3.05, 3.63) is 0 Å². The van der Waals surface area contributed by atoms with Gasteiger partial charge < -0.3 is 9.84 Å². The van der Waals surface area contributed by atoms with Gasteiger partial charge in [-0.2, -0.15) is 13.2 Å². The number of hydrogen-bond acceptors (Lipinski definition) is 3. The second-order valence-electron chi connectivity index (χ2n) is 3.37. The quantitative estimate of drug-likeness (QED) is 0.680. The van der Waals surface area contributed by atoms with E-state index in [2.05, 4.69) is 5.92 Å². The maximum absolute atomic E-state index is 10.6. The smallest absolute Gasteiger partial charge is 0.475 e. The molecule has 0 aromatic rings. The fraction of sp³-hybridized carbons (Fsp3) is 0.667. The first-order chi connectivity index (χ1) is 7.15. The van der Waals surface area contributed by atoms with Gasteiger partial charge in [-0.15, -0.1) is 6.42 Å². The van der Waals surface area contributed by atoms with Crippen LogP contribution in [-0.2, 0) is 9.53 Å². The van der Waals surface area contributed by atoms with Crippen LogP contribution in [0.3, 0.4) is 0 Å². The Morgan fingerprint density at radius 2 is 1.88 bits per heavy atom. The summed E-state index contributed by atoms with van der Waals surface area (Å²) in [5.74, 6) is -0.0417. The molecule has 16 heavy (non-hydrogen) atoms. The van der Waals surface area contributed by atoms with Crippen LogP contribution < -0.4 is 0 Å². The summed E-state index contributed by atoms with van der Waals surface area (Å²) in [6, 6.07) is 0. The van der Waals surface area contributed by atoms with Crippen LogP contribution in [-0.4, -0.2) is 55.0 Å². The molecule has 0 amide bonds. The van der Waals surface area contributed by atoms with Gasteiger partial charge in [0, 0.05) is 0 Å². The fourth-order valence-electron chi connectivity index (χ4n) is 0.766. The summed E-state index contributed by atoms with van der Waals surface area (Å²) in [7, 11) is 3.95. The minimum atomic E-state index is -5.08. The number of aliphatic carboxylic acids is 1. The lowest BCUT2D eigenvalue weighted by atomic mass is 9.98. The highest BCUT2D eigenvalue weighted by Crippen LogP contribution is 2.20. The summed E-state index contributed by atoms with van der Waals surface area (Å²) in [5.41, 5.74) is -0.0972. The van der Waals surface area contributed by atoms with Gasteiger partial charge in [-0.25, -0.2) is 4.79 Å². The van der Waals surface area contributed by atoms with Gasteiger partial charge in [-0.3, -0.25) is 4.90 Å². The highest BCUT2D eigenvalue weighted by molar-refractivity contribution is 5.73. The van der Waals surface area contributed by atoms with Gasteiger partial charge >= 0.3 is 12.1 Å². The number of carboxylic acid groups (broad SMARTS) is 1. The molecule has 0 spiro atoms. The maximum Gasteiger partial charge on any atom is 0.490 e. The zero-order valence-electron chi connectivity index (χ0n) is 8.84. The van der Waals surface area contributed by atoms with Gasteiger partial charge in [0.2, 0.25) is 0 Å². The van der Waals surface area contributed by atoms with Crippen molar-refractivity contribution in [3.63, 3.8) is 0 Å². The molecule has 7 heteroatoms. The SMILES string of the molecule is C#CC1(N(C)C)COC1.O=C(O)C(F)(F)F. The molecule has 0 aromatic heterocycles. The normalized spacial score (nSPS) is 17.8. The van der Waals surface area contributed by atoms with Gasteiger partial charge in [-0.1, -0.05) is 5.92 Å². The van der Waals surface area contributed by atoms with E-state index < -0.39 is 12.1 Å². The molecule has 1 fully saturated rings. The molecule has 1 aliphatic rings. The Labute approximate surface area is 91.0 Å². The predicted octanol–water partition coefficient (Wildman–Crippen LogP) is 0.583. The number of halogens is 3. The van der Waals surface area contributed by atoms with E-state index in [1.165, 1.54) is 0 Å². The van der Waals surface area contributed by atoms with Crippen LogP contribution in [0.5, 0.6) is 0 Å². The van der Waals surface area contributed by atoms with Gasteiger partial charge in [0.05, 0.1) is 13.2 Å². The summed E-state index contributed by atoms with van der Waals surface area (Å²) in [4.78, 5) is 10.9. The van der Waals surface area contributed by atoms with E-state index in [-0.39, 0.29) is 5.54 Å². The highest BCUT2D eigenvalue weighted by atomic mass is 19.4. The lowest BCUT2D eigenvalue weighted by Crippen LogP contribution is -2.58. The summed E-state index contributed by atoms with van der Waals surface area (Å²) >= 11 is 0. The number of likely N-dealkylation sites (N-methyl/N-ethyl adjacent to an activating group) is 1. The van der Waals surface area contributed by atoms with Crippen LogP contribution in [0.4, 0.5) is 13.2 Å². The third kappa shape index (κ3) is 3.72. The first-order valence-corrected chi connectivity index (χ1v) is 4.19. The van der Waals surface area contributed by atoms with Gasteiger partial charge in [0.1, 0.15) is 5.54 Å². The fourth-order valence-corrected chi connectivity index (χ4v) is 0.766. The van der Waals surface area contributed by atoms with Crippen molar-refractivity contribution in [2.75, 3.05) is 27.3 Å². The molecule has 0 bridgehead atoms. The standard InChI is InChI=1S/C7H11NO.C2HF3O2/c1-4-7(8(2)3)5-9-6-7;3-2(4,5)1(6)7/h1H,5-6H2,2-3H3;(H,6,7). The molecule has 0 aliphatic carbocycles. The third-order valence-corrected chi connectivity index (χ3v) is 2.05. The van der Waals surface area contributed by atoms with E-state index >= 15 is 0 Å². The second kappa shape index (κ2) is 5.18. The van der Waals surface area contributed by atoms with Gasteiger partial charge in [0.15, 0.2) is 0 Å². The number of carboxylic acids is 1.